The molecule has 30 heavy (non-hydrogen) atoms. The molecule has 1 aromatic carbocycles. The van der Waals surface area contributed by atoms with E-state index in [1.54, 1.807) is 16.8 Å². The molecule has 0 saturated heterocycles. The Morgan fingerprint density at radius 3 is 2.50 bits per heavy atom. The van der Waals surface area contributed by atoms with E-state index >= 15 is 0 Å². The molecule has 13 heteroatoms. The van der Waals surface area contributed by atoms with E-state index in [4.69, 9.17) is 11.0 Å². The highest BCUT2D eigenvalue weighted by Crippen LogP contribution is 2.17. The number of carbonyl (C=O) groups is 1. The lowest BCUT2D eigenvalue weighted by molar-refractivity contribution is -0.118. The third-order valence-electron chi connectivity index (χ3n) is 4.17. The van der Waals surface area contributed by atoms with Crippen molar-refractivity contribution in [3.8, 4) is 5.95 Å². The number of carbonyl (C=O) groups excluding carboxylic acids is 1. The first-order chi connectivity index (χ1) is 14.1. The van der Waals surface area contributed by atoms with Gasteiger partial charge in [0.05, 0.1) is 16.3 Å². The number of nitrogens with one attached hydrogen (secondary N) is 1. The average molecular weight is 451 g/mol. The number of nitrogens with zero attached hydrogens (tertiary/aromatic N) is 5. The molecule has 0 saturated carbocycles. The molecular weight excluding hydrogens is 428 g/mol. The first-order valence-corrected chi connectivity index (χ1v) is 11.4. The maximum atomic E-state index is 12.1. The van der Waals surface area contributed by atoms with Crippen molar-refractivity contribution >= 4 is 27.7 Å². The molecule has 0 atom stereocenters. The fourth-order valence-electron chi connectivity index (χ4n) is 2.72. The van der Waals surface area contributed by atoms with Crippen LogP contribution < -0.4 is 16.3 Å². The Hall–Kier alpha value is -2.90. The highest BCUT2D eigenvalue weighted by Gasteiger charge is 2.16. The van der Waals surface area contributed by atoms with Crippen molar-refractivity contribution in [1.29, 1.82) is 0 Å². The SMILES string of the molecule is Cc1cc(C)n(-c2nnc(SCC(=O)NCCc3ccc(S(N)(=O)=O)cc3)n2N)n1. The lowest BCUT2D eigenvalue weighted by Crippen LogP contribution is -2.27. The molecule has 3 rings (SSSR count). The van der Waals surface area contributed by atoms with Crippen LogP contribution in [0.1, 0.15) is 17.0 Å². The smallest absolute Gasteiger partial charge is 0.271 e. The number of hydrogen-bond acceptors (Lipinski definition) is 8. The van der Waals surface area contributed by atoms with Gasteiger partial charge in [0.2, 0.25) is 21.1 Å². The standard InChI is InChI=1S/C17H22N8O3S2/c1-11-9-12(2)25(23-11)16-21-22-17(24(16)18)29-10-15(26)20-8-7-13-3-5-14(6-4-13)30(19,27)28/h3-6,9H,7-8,10,18H2,1-2H3,(H,20,26)(H2,19,27,28). The van der Waals surface area contributed by atoms with Gasteiger partial charge >= 0.3 is 0 Å². The number of hydrogen-bond donors (Lipinski definition) is 3. The van der Waals surface area contributed by atoms with Gasteiger partial charge in [-0.25, -0.2) is 22.9 Å². The summed E-state index contributed by atoms with van der Waals surface area (Å²) in [6, 6.07) is 8.11. The Morgan fingerprint density at radius 1 is 1.20 bits per heavy atom. The molecule has 2 heterocycles. The lowest BCUT2D eigenvalue weighted by Gasteiger charge is -2.07. The molecule has 0 fully saturated rings. The van der Waals surface area contributed by atoms with Gasteiger partial charge in [-0.2, -0.15) is 5.10 Å². The average Bonchev–Trinajstić information content (AvgIpc) is 3.20. The van der Waals surface area contributed by atoms with Gasteiger partial charge < -0.3 is 11.2 Å². The zero-order valence-electron chi connectivity index (χ0n) is 16.4. The number of aromatic nitrogens is 5. The maximum absolute atomic E-state index is 12.1. The molecule has 0 radical (unpaired) electrons. The minimum absolute atomic E-state index is 0.0532. The summed E-state index contributed by atoms with van der Waals surface area (Å²) in [7, 11) is -3.71. The number of thioether (sulfide) groups is 1. The minimum Gasteiger partial charge on any atom is -0.355 e. The normalized spacial score (nSPS) is 11.6. The molecule has 1 amide bonds. The fraction of sp³-hybridized carbons (Fsp3) is 0.294. The molecule has 0 aliphatic carbocycles. The van der Waals surface area contributed by atoms with E-state index in [-0.39, 0.29) is 16.6 Å². The second-order valence-corrected chi connectivity index (χ2v) is 9.07. The summed E-state index contributed by atoms with van der Waals surface area (Å²) < 4.78 is 25.4. The summed E-state index contributed by atoms with van der Waals surface area (Å²) in [4.78, 5) is 12.1. The second kappa shape index (κ2) is 8.85. The Labute approximate surface area is 177 Å². The van der Waals surface area contributed by atoms with Crippen LogP contribution in [0.5, 0.6) is 0 Å². The van der Waals surface area contributed by atoms with Crippen LogP contribution in [0, 0.1) is 13.8 Å². The van der Waals surface area contributed by atoms with Crippen LogP contribution in [0.4, 0.5) is 0 Å². The van der Waals surface area contributed by atoms with E-state index in [9.17, 15) is 13.2 Å². The Kier molecular flexibility index (Phi) is 6.43. The Balaban J connectivity index is 1.49. The number of primary sulfonamides is 1. The zero-order chi connectivity index (χ0) is 21.9. The van der Waals surface area contributed by atoms with Crippen molar-refractivity contribution in [1.82, 2.24) is 30.0 Å². The van der Waals surface area contributed by atoms with Crippen LogP contribution in [0.2, 0.25) is 0 Å². The van der Waals surface area contributed by atoms with E-state index in [2.05, 4.69) is 20.6 Å². The molecule has 11 nitrogen and oxygen atoms in total. The molecule has 0 aliphatic rings. The summed E-state index contributed by atoms with van der Waals surface area (Å²) in [6.07, 6.45) is 0.552. The topological polar surface area (TPSA) is 164 Å². The molecule has 0 aliphatic heterocycles. The van der Waals surface area contributed by atoms with Crippen LogP contribution in [0.15, 0.2) is 40.4 Å². The number of benzene rings is 1. The van der Waals surface area contributed by atoms with E-state index in [1.165, 1.54) is 16.8 Å². The summed E-state index contributed by atoms with van der Waals surface area (Å²) in [6.45, 7) is 4.16. The number of nitrogens with two attached hydrogens (primary N) is 2. The summed E-state index contributed by atoms with van der Waals surface area (Å²) in [5, 5.41) is 20.7. The molecule has 160 valence electrons. The first kappa shape index (κ1) is 21.8. The number of rotatable bonds is 8. The molecule has 0 bridgehead atoms. The molecule has 0 unspecified atom stereocenters. The van der Waals surface area contributed by atoms with Gasteiger partial charge in [0.15, 0.2) is 0 Å². The Bertz CT molecular complexity index is 1150. The van der Waals surface area contributed by atoms with E-state index in [1.807, 2.05) is 19.9 Å². The van der Waals surface area contributed by atoms with Crippen molar-refractivity contribution in [3.63, 3.8) is 0 Å². The van der Waals surface area contributed by atoms with Gasteiger partial charge in [0.25, 0.3) is 5.95 Å². The number of sulfonamides is 1. The Morgan fingerprint density at radius 2 is 1.90 bits per heavy atom. The minimum atomic E-state index is -3.71. The van der Waals surface area contributed by atoms with E-state index < -0.39 is 10.0 Å². The second-order valence-electron chi connectivity index (χ2n) is 6.57. The highest BCUT2D eigenvalue weighted by atomic mass is 32.2. The van der Waals surface area contributed by atoms with Crippen molar-refractivity contribution in [2.45, 2.75) is 30.3 Å². The largest absolute Gasteiger partial charge is 0.355 e. The fourth-order valence-corrected chi connectivity index (χ4v) is 3.91. The van der Waals surface area contributed by atoms with Gasteiger partial charge in [-0.3, -0.25) is 4.79 Å². The maximum Gasteiger partial charge on any atom is 0.271 e. The molecule has 0 spiro atoms. The summed E-state index contributed by atoms with van der Waals surface area (Å²) in [5.74, 6) is 6.35. The molecular formula is C17H22N8O3S2. The number of aryl methyl sites for hydroxylation is 2. The van der Waals surface area contributed by atoms with Crippen molar-refractivity contribution in [2.24, 2.45) is 5.14 Å². The van der Waals surface area contributed by atoms with Crippen LogP contribution in [-0.4, -0.2) is 51.3 Å². The van der Waals surface area contributed by atoms with Crippen molar-refractivity contribution in [3.05, 3.63) is 47.3 Å². The van der Waals surface area contributed by atoms with E-state index in [0.717, 1.165) is 28.7 Å². The van der Waals surface area contributed by atoms with Gasteiger partial charge in [0, 0.05) is 12.2 Å². The van der Waals surface area contributed by atoms with Crippen molar-refractivity contribution < 1.29 is 13.2 Å². The lowest BCUT2D eigenvalue weighted by atomic mass is 10.1. The van der Waals surface area contributed by atoms with Gasteiger partial charge in [0.1, 0.15) is 0 Å². The summed E-state index contributed by atoms with van der Waals surface area (Å²) >= 11 is 1.16. The van der Waals surface area contributed by atoms with Crippen LogP contribution >= 0.6 is 11.8 Å². The van der Waals surface area contributed by atoms with Crippen LogP contribution in [0.25, 0.3) is 5.95 Å². The molecule has 5 N–H and O–H groups in total. The van der Waals surface area contributed by atoms with Crippen LogP contribution in [0.3, 0.4) is 0 Å². The summed E-state index contributed by atoms with van der Waals surface area (Å²) in [5.41, 5.74) is 2.59. The monoisotopic (exact) mass is 450 g/mol. The molecule has 3 aromatic rings. The van der Waals surface area contributed by atoms with Gasteiger partial charge in [-0.15, -0.1) is 10.2 Å². The molecule has 2 aromatic heterocycles. The highest BCUT2D eigenvalue weighted by molar-refractivity contribution is 7.99. The third kappa shape index (κ3) is 5.17. The van der Waals surface area contributed by atoms with E-state index in [0.29, 0.717) is 24.1 Å². The first-order valence-electron chi connectivity index (χ1n) is 8.90. The van der Waals surface area contributed by atoms with Crippen molar-refractivity contribution in [2.75, 3.05) is 18.1 Å². The van der Waals surface area contributed by atoms with Crippen LogP contribution in [-0.2, 0) is 21.2 Å². The predicted molar refractivity (Wildman–Crippen MR) is 112 cm³/mol. The van der Waals surface area contributed by atoms with Gasteiger partial charge in [-0.05, 0) is 44.0 Å². The number of nitrogen functional groups attached to an aromatic ring is 1. The predicted octanol–water partition coefficient (Wildman–Crippen LogP) is -0.107. The quantitative estimate of drug-likeness (QED) is 0.316. The zero-order valence-corrected chi connectivity index (χ0v) is 18.1. The third-order valence-corrected chi connectivity index (χ3v) is 6.04. The number of amides is 1. The van der Waals surface area contributed by atoms with Gasteiger partial charge in [-0.1, -0.05) is 23.9 Å².